The van der Waals surface area contributed by atoms with E-state index in [2.05, 4.69) is 0 Å². The summed E-state index contributed by atoms with van der Waals surface area (Å²) < 4.78 is 5.31. The van der Waals surface area contributed by atoms with Crippen LogP contribution in [0.4, 0.5) is 0 Å². The Bertz CT molecular complexity index is 633. The van der Waals surface area contributed by atoms with Gasteiger partial charge in [-0.05, 0) is 31.5 Å². The minimum atomic E-state index is -1.05. The van der Waals surface area contributed by atoms with Gasteiger partial charge in [0.15, 0.2) is 5.76 Å². The van der Waals surface area contributed by atoms with Gasteiger partial charge in [0, 0.05) is 6.54 Å². The summed E-state index contributed by atoms with van der Waals surface area (Å²) in [7, 11) is 0. The van der Waals surface area contributed by atoms with Gasteiger partial charge in [-0.25, -0.2) is 4.79 Å². The molecule has 1 amide bonds. The largest absolute Gasteiger partial charge is 0.480 e. The van der Waals surface area contributed by atoms with Crippen LogP contribution >= 0.6 is 0 Å². The van der Waals surface area contributed by atoms with Gasteiger partial charge in [-0.15, -0.1) is 0 Å². The highest BCUT2D eigenvalue weighted by molar-refractivity contribution is 5.94. The molecule has 0 aliphatic carbocycles. The molecule has 2 aromatic rings. The van der Waals surface area contributed by atoms with E-state index >= 15 is 0 Å². The lowest BCUT2D eigenvalue weighted by Crippen LogP contribution is -2.42. The lowest BCUT2D eigenvalue weighted by atomic mass is 10.1. The molecule has 5 nitrogen and oxygen atoms in total. The van der Waals surface area contributed by atoms with Crippen LogP contribution < -0.4 is 0 Å². The van der Waals surface area contributed by atoms with Gasteiger partial charge in [0.05, 0.1) is 0 Å². The molecule has 1 N–H and O–H groups in total. The van der Waals surface area contributed by atoms with Gasteiger partial charge in [0.25, 0.3) is 5.91 Å². The average Bonchev–Trinajstić information content (AvgIpc) is 2.91. The zero-order valence-corrected chi connectivity index (χ0v) is 11.9. The molecule has 2 rings (SSSR count). The van der Waals surface area contributed by atoms with Gasteiger partial charge in [-0.2, -0.15) is 0 Å². The van der Waals surface area contributed by atoms with Crippen LogP contribution in [0.5, 0.6) is 0 Å². The minimum Gasteiger partial charge on any atom is -0.480 e. The van der Waals surface area contributed by atoms with Crippen molar-refractivity contribution in [2.24, 2.45) is 0 Å². The molecule has 110 valence electrons. The third-order valence-corrected chi connectivity index (χ3v) is 3.23. The fourth-order valence-corrected chi connectivity index (χ4v) is 1.99. The zero-order chi connectivity index (χ0) is 15.4. The normalized spacial score (nSPS) is 11.9. The van der Waals surface area contributed by atoms with Crippen molar-refractivity contribution in [2.75, 3.05) is 0 Å². The molecule has 0 fully saturated rings. The van der Waals surface area contributed by atoms with Gasteiger partial charge in [0.1, 0.15) is 11.8 Å². The van der Waals surface area contributed by atoms with Crippen LogP contribution in [0, 0.1) is 6.92 Å². The minimum absolute atomic E-state index is 0.150. The monoisotopic (exact) mass is 287 g/mol. The number of rotatable bonds is 5. The zero-order valence-electron chi connectivity index (χ0n) is 11.9. The molecule has 0 aliphatic heterocycles. The van der Waals surface area contributed by atoms with Gasteiger partial charge in [0.2, 0.25) is 0 Å². The van der Waals surface area contributed by atoms with E-state index < -0.39 is 17.9 Å². The fourth-order valence-electron chi connectivity index (χ4n) is 1.99. The van der Waals surface area contributed by atoms with E-state index in [1.54, 1.807) is 19.1 Å². The number of carbonyl (C=O) groups is 2. The predicted octanol–water partition coefficient (Wildman–Crippen LogP) is 2.70. The molecule has 1 heterocycles. The maximum Gasteiger partial charge on any atom is 0.326 e. The van der Waals surface area contributed by atoms with Gasteiger partial charge >= 0.3 is 5.97 Å². The van der Waals surface area contributed by atoms with Crippen LogP contribution in [0.3, 0.4) is 0 Å². The number of carbonyl (C=O) groups excluding carboxylic acids is 1. The van der Waals surface area contributed by atoms with E-state index in [1.807, 2.05) is 30.3 Å². The highest BCUT2D eigenvalue weighted by Gasteiger charge is 2.28. The molecule has 1 aromatic heterocycles. The van der Waals surface area contributed by atoms with Gasteiger partial charge < -0.3 is 14.4 Å². The average molecular weight is 287 g/mol. The second-order valence-corrected chi connectivity index (χ2v) is 4.84. The highest BCUT2D eigenvalue weighted by Crippen LogP contribution is 2.15. The molecule has 5 heteroatoms. The van der Waals surface area contributed by atoms with Crippen molar-refractivity contribution < 1.29 is 19.1 Å². The highest BCUT2D eigenvalue weighted by atomic mass is 16.4. The number of carboxylic acid groups (broad SMARTS) is 1. The molecule has 0 aliphatic rings. The van der Waals surface area contributed by atoms with Crippen LogP contribution in [0.1, 0.15) is 28.8 Å². The van der Waals surface area contributed by atoms with E-state index in [1.165, 1.54) is 11.8 Å². The van der Waals surface area contributed by atoms with Crippen LogP contribution in [-0.2, 0) is 11.3 Å². The van der Waals surface area contributed by atoms with Crippen LogP contribution in [-0.4, -0.2) is 27.9 Å². The van der Waals surface area contributed by atoms with Gasteiger partial charge in [-0.3, -0.25) is 4.79 Å². The Labute approximate surface area is 122 Å². The van der Waals surface area contributed by atoms with Crippen molar-refractivity contribution in [3.63, 3.8) is 0 Å². The second-order valence-electron chi connectivity index (χ2n) is 4.84. The number of aryl methyl sites for hydroxylation is 1. The lowest BCUT2D eigenvalue weighted by molar-refractivity contribution is -0.141. The number of hydrogen-bond acceptors (Lipinski definition) is 3. The number of nitrogens with zero attached hydrogens (tertiary/aromatic N) is 1. The summed E-state index contributed by atoms with van der Waals surface area (Å²) in [5, 5.41) is 9.21. The molecular weight excluding hydrogens is 270 g/mol. The Kier molecular flexibility index (Phi) is 4.42. The molecule has 1 atom stereocenters. The summed E-state index contributed by atoms with van der Waals surface area (Å²) in [5.41, 5.74) is 0.863. The van der Waals surface area contributed by atoms with Crippen molar-refractivity contribution in [3.8, 4) is 0 Å². The van der Waals surface area contributed by atoms with Crippen LogP contribution in [0.25, 0.3) is 0 Å². The maximum absolute atomic E-state index is 12.5. The summed E-state index contributed by atoms with van der Waals surface area (Å²) in [6.45, 7) is 3.44. The van der Waals surface area contributed by atoms with Crippen LogP contribution in [0.2, 0.25) is 0 Å². The SMILES string of the molecule is Cc1ccc(C(=O)N(Cc2ccccc2)C(C)C(=O)O)o1. The first-order valence-electron chi connectivity index (χ1n) is 6.63. The number of carboxylic acids is 1. The Balaban J connectivity index is 2.27. The number of aliphatic carboxylic acids is 1. The first kappa shape index (κ1) is 14.8. The van der Waals surface area contributed by atoms with Crippen molar-refractivity contribution in [2.45, 2.75) is 26.4 Å². The van der Waals surface area contributed by atoms with Crippen molar-refractivity contribution in [1.82, 2.24) is 4.90 Å². The quantitative estimate of drug-likeness (QED) is 0.917. The number of furan rings is 1. The van der Waals surface area contributed by atoms with Crippen molar-refractivity contribution in [3.05, 3.63) is 59.5 Å². The molecule has 0 saturated heterocycles. The summed E-state index contributed by atoms with van der Waals surface area (Å²) in [6, 6.07) is 11.6. The first-order valence-corrected chi connectivity index (χ1v) is 6.63. The summed E-state index contributed by atoms with van der Waals surface area (Å²) in [5.74, 6) is -0.720. The molecule has 0 spiro atoms. The van der Waals surface area contributed by atoms with E-state index in [0.717, 1.165) is 5.56 Å². The molecule has 0 saturated carbocycles. The third-order valence-electron chi connectivity index (χ3n) is 3.23. The summed E-state index contributed by atoms with van der Waals surface area (Å²) in [6.07, 6.45) is 0. The Morgan fingerprint density at radius 1 is 1.19 bits per heavy atom. The first-order chi connectivity index (χ1) is 9.99. The summed E-state index contributed by atoms with van der Waals surface area (Å²) >= 11 is 0. The lowest BCUT2D eigenvalue weighted by Gasteiger charge is -2.25. The standard InChI is InChI=1S/C16H17NO4/c1-11-8-9-14(21-11)15(18)17(12(2)16(19)20)10-13-6-4-3-5-7-13/h3-9,12H,10H2,1-2H3,(H,19,20). The Morgan fingerprint density at radius 2 is 1.86 bits per heavy atom. The topological polar surface area (TPSA) is 70.8 Å². The molecule has 1 unspecified atom stereocenters. The fraction of sp³-hybridized carbons (Fsp3) is 0.250. The number of benzene rings is 1. The Morgan fingerprint density at radius 3 is 2.38 bits per heavy atom. The molecular formula is C16H17NO4. The van der Waals surface area contributed by atoms with Crippen molar-refractivity contribution >= 4 is 11.9 Å². The molecule has 0 bridgehead atoms. The molecule has 21 heavy (non-hydrogen) atoms. The molecule has 1 aromatic carbocycles. The predicted molar refractivity (Wildman–Crippen MR) is 76.9 cm³/mol. The van der Waals surface area contributed by atoms with Crippen LogP contribution in [0.15, 0.2) is 46.9 Å². The smallest absolute Gasteiger partial charge is 0.326 e. The van der Waals surface area contributed by atoms with E-state index in [-0.39, 0.29) is 12.3 Å². The third kappa shape index (κ3) is 3.51. The van der Waals surface area contributed by atoms with Gasteiger partial charge in [-0.1, -0.05) is 30.3 Å². The van der Waals surface area contributed by atoms with Crippen molar-refractivity contribution in [1.29, 1.82) is 0 Å². The second kappa shape index (κ2) is 6.26. The van der Waals surface area contributed by atoms with E-state index in [4.69, 9.17) is 4.42 Å². The number of amides is 1. The number of hydrogen-bond donors (Lipinski definition) is 1. The summed E-state index contributed by atoms with van der Waals surface area (Å²) in [4.78, 5) is 25.0. The maximum atomic E-state index is 12.5. The van der Waals surface area contributed by atoms with E-state index in [0.29, 0.717) is 5.76 Å². The van der Waals surface area contributed by atoms with E-state index in [9.17, 15) is 14.7 Å². The molecule has 0 radical (unpaired) electrons. The Hall–Kier alpha value is -2.56.